The highest BCUT2D eigenvalue weighted by molar-refractivity contribution is 7.90. The van der Waals surface area contributed by atoms with E-state index in [2.05, 4.69) is 9.71 Å². The molecule has 2 aromatic carbocycles. The van der Waals surface area contributed by atoms with Gasteiger partial charge in [0.1, 0.15) is 5.75 Å². The molecule has 0 saturated carbocycles. The Hall–Kier alpha value is -2.54. The van der Waals surface area contributed by atoms with Gasteiger partial charge in [-0.1, -0.05) is 36.4 Å². The number of aliphatic imine (C=N–C) groups is 1. The molecule has 0 aromatic heterocycles. The number of sulfonamides is 1. The van der Waals surface area contributed by atoms with Crippen LogP contribution in [0.1, 0.15) is 5.56 Å². The number of guanidine groups is 1. The highest BCUT2D eigenvalue weighted by atomic mass is 32.2. The van der Waals surface area contributed by atoms with Crippen molar-refractivity contribution in [1.82, 2.24) is 4.72 Å². The summed E-state index contributed by atoms with van der Waals surface area (Å²) in [5, 5.41) is 0. The molecule has 0 bridgehead atoms. The third-order valence-electron chi connectivity index (χ3n) is 3.15. The monoisotopic (exact) mass is 333 g/mol. The first-order chi connectivity index (χ1) is 11.0. The molecule has 23 heavy (non-hydrogen) atoms. The summed E-state index contributed by atoms with van der Waals surface area (Å²) in [6, 6.07) is 15.6. The SMILES string of the molecule is COc1ccccc1CCN=C(N)NS(=O)(=O)c1ccccc1. The van der Waals surface area contributed by atoms with Gasteiger partial charge < -0.3 is 10.5 Å². The topological polar surface area (TPSA) is 93.8 Å². The van der Waals surface area contributed by atoms with Crippen molar-refractivity contribution in [2.24, 2.45) is 10.7 Å². The molecule has 0 aliphatic rings. The molecular formula is C16H19N3O3S. The third-order valence-corrected chi connectivity index (χ3v) is 4.52. The molecule has 2 aromatic rings. The molecule has 0 unspecified atom stereocenters. The van der Waals surface area contributed by atoms with Gasteiger partial charge in [-0.25, -0.2) is 13.1 Å². The highest BCUT2D eigenvalue weighted by Crippen LogP contribution is 2.17. The molecule has 0 aliphatic carbocycles. The van der Waals surface area contributed by atoms with Crippen molar-refractivity contribution in [3.63, 3.8) is 0 Å². The van der Waals surface area contributed by atoms with E-state index in [1.807, 2.05) is 24.3 Å². The number of nitrogens with zero attached hydrogens (tertiary/aromatic N) is 1. The Morgan fingerprint density at radius 2 is 1.78 bits per heavy atom. The number of hydrogen-bond donors (Lipinski definition) is 2. The number of hydrogen-bond acceptors (Lipinski definition) is 4. The van der Waals surface area contributed by atoms with E-state index in [-0.39, 0.29) is 10.9 Å². The average molecular weight is 333 g/mol. The van der Waals surface area contributed by atoms with Gasteiger partial charge in [-0.2, -0.15) is 0 Å². The van der Waals surface area contributed by atoms with E-state index in [4.69, 9.17) is 10.5 Å². The summed E-state index contributed by atoms with van der Waals surface area (Å²) >= 11 is 0. The number of para-hydroxylation sites is 1. The summed E-state index contributed by atoms with van der Waals surface area (Å²) in [5.41, 5.74) is 6.64. The Labute approximate surface area is 136 Å². The maximum Gasteiger partial charge on any atom is 0.264 e. The second-order valence-electron chi connectivity index (χ2n) is 4.75. The van der Waals surface area contributed by atoms with Crippen LogP contribution in [0.15, 0.2) is 64.5 Å². The second-order valence-corrected chi connectivity index (χ2v) is 6.43. The van der Waals surface area contributed by atoms with Gasteiger partial charge in [0.2, 0.25) is 5.96 Å². The van der Waals surface area contributed by atoms with Gasteiger partial charge in [-0.3, -0.25) is 4.99 Å². The largest absolute Gasteiger partial charge is 0.496 e. The zero-order valence-electron chi connectivity index (χ0n) is 12.8. The van der Waals surface area contributed by atoms with Crippen LogP contribution in [0.5, 0.6) is 5.75 Å². The van der Waals surface area contributed by atoms with Crippen molar-refractivity contribution in [3.05, 3.63) is 60.2 Å². The molecule has 0 heterocycles. The van der Waals surface area contributed by atoms with E-state index in [9.17, 15) is 8.42 Å². The normalized spacial score (nSPS) is 12.0. The van der Waals surface area contributed by atoms with Crippen LogP contribution in [0.2, 0.25) is 0 Å². The minimum absolute atomic E-state index is 0.135. The first-order valence-electron chi connectivity index (χ1n) is 7.02. The number of nitrogens with one attached hydrogen (secondary N) is 1. The minimum atomic E-state index is -3.70. The second kappa shape index (κ2) is 7.64. The lowest BCUT2D eigenvalue weighted by Gasteiger charge is -2.08. The summed E-state index contributed by atoms with van der Waals surface area (Å²) in [4.78, 5) is 4.20. The molecule has 3 N–H and O–H groups in total. The third kappa shape index (κ3) is 4.72. The van der Waals surface area contributed by atoms with Crippen LogP contribution in [0, 0.1) is 0 Å². The van der Waals surface area contributed by atoms with E-state index in [1.54, 1.807) is 25.3 Å². The molecule has 0 aliphatic heterocycles. The Morgan fingerprint density at radius 3 is 2.48 bits per heavy atom. The Balaban J connectivity index is 1.98. The summed E-state index contributed by atoms with van der Waals surface area (Å²) in [6.45, 7) is 0.351. The van der Waals surface area contributed by atoms with E-state index in [1.165, 1.54) is 12.1 Å². The fraction of sp³-hybridized carbons (Fsp3) is 0.188. The lowest BCUT2D eigenvalue weighted by Crippen LogP contribution is -2.37. The maximum atomic E-state index is 12.1. The van der Waals surface area contributed by atoms with Crippen LogP contribution >= 0.6 is 0 Å². The van der Waals surface area contributed by atoms with Crippen molar-refractivity contribution in [3.8, 4) is 5.75 Å². The van der Waals surface area contributed by atoms with Crippen LogP contribution in [0.4, 0.5) is 0 Å². The molecule has 6 nitrogen and oxygen atoms in total. The first-order valence-corrected chi connectivity index (χ1v) is 8.51. The molecular weight excluding hydrogens is 314 g/mol. The Bertz CT molecular complexity index is 774. The van der Waals surface area contributed by atoms with Crippen LogP contribution in [-0.4, -0.2) is 28.0 Å². The standard InChI is InChI=1S/C16H19N3O3S/c1-22-15-10-6-5-7-13(15)11-12-18-16(17)19-23(20,21)14-8-3-2-4-9-14/h2-10H,11-12H2,1H3,(H3,17,18,19). The van der Waals surface area contributed by atoms with Gasteiger partial charge in [-0.05, 0) is 30.2 Å². The number of benzene rings is 2. The molecule has 0 amide bonds. The minimum Gasteiger partial charge on any atom is -0.496 e. The van der Waals surface area contributed by atoms with Gasteiger partial charge in [0, 0.05) is 6.54 Å². The quantitative estimate of drug-likeness (QED) is 0.619. The predicted octanol–water partition coefficient (Wildman–Crippen LogP) is 1.53. The zero-order chi connectivity index (χ0) is 16.7. The van der Waals surface area contributed by atoms with Crippen molar-refractivity contribution in [2.75, 3.05) is 13.7 Å². The zero-order valence-corrected chi connectivity index (χ0v) is 13.6. The van der Waals surface area contributed by atoms with Crippen LogP contribution in [0.3, 0.4) is 0 Å². The van der Waals surface area contributed by atoms with E-state index >= 15 is 0 Å². The fourth-order valence-corrected chi connectivity index (χ4v) is 3.01. The Morgan fingerprint density at radius 1 is 1.13 bits per heavy atom. The van der Waals surface area contributed by atoms with Crippen LogP contribution in [0.25, 0.3) is 0 Å². The molecule has 7 heteroatoms. The summed E-state index contributed by atoms with van der Waals surface area (Å²) in [6.07, 6.45) is 0.595. The number of rotatable bonds is 6. The molecule has 122 valence electrons. The van der Waals surface area contributed by atoms with Gasteiger partial charge in [0.15, 0.2) is 0 Å². The molecule has 0 radical (unpaired) electrons. The fourth-order valence-electron chi connectivity index (χ4n) is 2.03. The van der Waals surface area contributed by atoms with E-state index in [0.717, 1.165) is 11.3 Å². The van der Waals surface area contributed by atoms with E-state index < -0.39 is 10.0 Å². The average Bonchev–Trinajstić information content (AvgIpc) is 2.55. The molecule has 0 spiro atoms. The summed E-state index contributed by atoms with van der Waals surface area (Å²) in [5.74, 6) is 0.634. The van der Waals surface area contributed by atoms with Crippen molar-refractivity contribution < 1.29 is 13.2 Å². The molecule has 2 rings (SSSR count). The maximum absolute atomic E-state index is 12.1. The van der Waals surface area contributed by atoms with Crippen molar-refractivity contribution >= 4 is 16.0 Å². The summed E-state index contributed by atoms with van der Waals surface area (Å²) in [7, 11) is -2.10. The van der Waals surface area contributed by atoms with Crippen molar-refractivity contribution in [1.29, 1.82) is 0 Å². The summed E-state index contributed by atoms with van der Waals surface area (Å²) < 4.78 is 31.7. The van der Waals surface area contributed by atoms with Gasteiger partial charge in [0.05, 0.1) is 12.0 Å². The smallest absolute Gasteiger partial charge is 0.264 e. The number of nitrogens with two attached hydrogens (primary N) is 1. The molecule has 0 fully saturated rings. The number of methoxy groups -OCH3 is 1. The Kier molecular flexibility index (Phi) is 5.59. The first kappa shape index (κ1) is 16.8. The predicted molar refractivity (Wildman–Crippen MR) is 90.0 cm³/mol. The van der Waals surface area contributed by atoms with Gasteiger partial charge >= 0.3 is 0 Å². The highest BCUT2D eigenvalue weighted by Gasteiger charge is 2.13. The molecule has 0 saturated heterocycles. The van der Waals surface area contributed by atoms with Crippen molar-refractivity contribution in [2.45, 2.75) is 11.3 Å². The van der Waals surface area contributed by atoms with Crippen LogP contribution in [-0.2, 0) is 16.4 Å². The van der Waals surface area contributed by atoms with E-state index in [0.29, 0.717) is 13.0 Å². The van der Waals surface area contributed by atoms with Gasteiger partial charge in [0.25, 0.3) is 10.0 Å². The number of ether oxygens (including phenoxy) is 1. The lowest BCUT2D eigenvalue weighted by atomic mass is 10.1. The lowest BCUT2D eigenvalue weighted by molar-refractivity contribution is 0.410. The molecule has 0 atom stereocenters. The van der Waals surface area contributed by atoms with Crippen LogP contribution < -0.4 is 15.2 Å². The van der Waals surface area contributed by atoms with Gasteiger partial charge in [-0.15, -0.1) is 0 Å².